The SMILES string of the molecule is CCOC(=O)CCCCCNC(CN(C)C)C(C)C. The van der Waals surface area contributed by atoms with Crippen molar-refractivity contribution >= 4 is 5.97 Å². The lowest BCUT2D eigenvalue weighted by molar-refractivity contribution is -0.143. The minimum absolute atomic E-state index is 0.0666. The summed E-state index contributed by atoms with van der Waals surface area (Å²) in [7, 11) is 4.22. The lowest BCUT2D eigenvalue weighted by Crippen LogP contribution is -2.42. The van der Waals surface area contributed by atoms with Crippen LogP contribution in [0.2, 0.25) is 0 Å². The van der Waals surface area contributed by atoms with E-state index < -0.39 is 0 Å². The minimum Gasteiger partial charge on any atom is -0.466 e. The molecule has 0 fully saturated rings. The van der Waals surface area contributed by atoms with Crippen molar-refractivity contribution in [1.29, 1.82) is 0 Å². The van der Waals surface area contributed by atoms with E-state index >= 15 is 0 Å². The van der Waals surface area contributed by atoms with Crippen molar-refractivity contribution in [1.82, 2.24) is 10.2 Å². The molecule has 0 amide bonds. The summed E-state index contributed by atoms with van der Waals surface area (Å²) in [5.74, 6) is 0.574. The first kappa shape index (κ1) is 18.4. The van der Waals surface area contributed by atoms with Crippen LogP contribution in [0.25, 0.3) is 0 Å². The zero-order chi connectivity index (χ0) is 14.7. The molecule has 1 N–H and O–H groups in total. The monoisotopic (exact) mass is 272 g/mol. The first-order valence-electron chi connectivity index (χ1n) is 7.51. The van der Waals surface area contributed by atoms with Crippen LogP contribution in [0.4, 0.5) is 0 Å². The molecule has 0 saturated heterocycles. The van der Waals surface area contributed by atoms with Crippen molar-refractivity contribution < 1.29 is 9.53 Å². The van der Waals surface area contributed by atoms with Crippen LogP contribution in [0.15, 0.2) is 0 Å². The third kappa shape index (κ3) is 11.0. The second-order valence-electron chi connectivity index (χ2n) is 5.68. The molecule has 4 heteroatoms. The first-order chi connectivity index (χ1) is 8.97. The highest BCUT2D eigenvalue weighted by atomic mass is 16.5. The van der Waals surface area contributed by atoms with Gasteiger partial charge < -0.3 is 15.0 Å². The molecule has 114 valence electrons. The molecule has 4 nitrogen and oxygen atoms in total. The van der Waals surface area contributed by atoms with E-state index in [0.717, 1.165) is 32.4 Å². The summed E-state index contributed by atoms with van der Waals surface area (Å²) in [5, 5.41) is 3.61. The largest absolute Gasteiger partial charge is 0.466 e. The molecule has 0 aliphatic carbocycles. The van der Waals surface area contributed by atoms with Crippen LogP contribution in [0.5, 0.6) is 0 Å². The van der Waals surface area contributed by atoms with E-state index in [0.29, 0.717) is 25.0 Å². The summed E-state index contributed by atoms with van der Waals surface area (Å²) in [6.07, 6.45) is 3.69. The van der Waals surface area contributed by atoms with E-state index in [1.165, 1.54) is 0 Å². The third-order valence-electron chi connectivity index (χ3n) is 3.14. The molecule has 0 radical (unpaired) electrons. The van der Waals surface area contributed by atoms with Crippen molar-refractivity contribution in [3.63, 3.8) is 0 Å². The van der Waals surface area contributed by atoms with Gasteiger partial charge in [-0.1, -0.05) is 20.3 Å². The maximum atomic E-state index is 11.2. The van der Waals surface area contributed by atoms with Gasteiger partial charge in [-0.15, -0.1) is 0 Å². The van der Waals surface area contributed by atoms with Gasteiger partial charge in [-0.05, 0) is 46.3 Å². The van der Waals surface area contributed by atoms with Gasteiger partial charge in [-0.25, -0.2) is 0 Å². The van der Waals surface area contributed by atoms with Gasteiger partial charge in [0.15, 0.2) is 0 Å². The van der Waals surface area contributed by atoms with Gasteiger partial charge in [-0.3, -0.25) is 4.79 Å². The van der Waals surface area contributed by atoms with Crippen LogP contribution in [-0.2, 0) is 9.53 Å². The maximum absolute atomic E-state index is 11.2. The molecular weight excluding hydrogens is 240 g/mol. The van der Waals surface area contributed by atoms with Crippen LogP contribution in [0, 0.1) is 5.92 Å². The molecule has 0 aliphatic heterocycles. The molecule has 0 aliphatic rings. The van der Waals surface area contributed by atoms with E-state index in [1.807, 2.05) is 6.92 Å². The Kier molecular flexibility index (Phi) is 10.9. The summed E-state index contributed by atoms with van der Waals surface area (Å²) >= 11 is 0. The van der Waals surface area contributed by atoms with Crippen LogP contribution >= 0.6 is 0 Å². The number of unbranched alkanes of at least 4 members (excludes halogenated alkanes) is 2. The highest BCUT2D eigenvalue weighted by molar-refractivity contribution is 5.69. The molecule has 0 spiro atoms. The molecule has 0 aromatic rings. The van der Waals surface area contributed by atoms with Crippen LogP contribution < -0.4 is 5.32 Å². The van der Waals surface area contributed by atoms with Crippen molar-refractivity contribution in [2.24, 2.45) is 5.92 Å². The number of nitrogens with zero attached hydrogens (tertiary/aromatic N) is 1. The third-order valence-corrected chi connectivity index (χ3v) is 3.14. The zero-order valence-electron chi connectivity index (χ0n) is 13.4. The van der Waals surface area contributed by atoms with E-state index in [2.05, 4.69) is 38.2 Å². The summed E-state index contributed by atoms with van der Waals surface area (Å²) in [6, 6.07) is 0.542. The van der Waals surface area contributed by atoms with Crippen molar-refractivity contribution in [3.8, 4) is 0 Å². The molecule has 0 bridgehead atoms. The normalized spacial score (nSPS) is 13.0. The van der Waals surface area contributed by atoms with Gasteiger partial charge in [0.2, 0.25) is 0 Å². The molecule has 0 heterocycles. The van der Waals surface area contributed by atoms with Gasteiger partial charge in [0, 0.05) is 19.0 Å². The molecule has 19 heavy (non-hydrogen) atoms. The fourth-order valence-electron chi connectivity index (χ4n) is 2.00. The van der Waals surface area contributed by atoms with E-state index in [9.17, 15) is 4.79 Å². The standard InChI is InChI=1S/C15H32N2O2/c1-6-19-15(18)10-8-7-9-11-16-14(13(2)3)12-17(4)5/h13-14,16H,6-12H2,1-5H3. The molecule has 0 aromatic heterocycles. The lowest BCUT2D eigenvalue weighted by Gasteiger charge is -2.25. The lowest BCUT2D eigenvalue weighted by atomic mass is 10.0. The number of hydrogen-bond acceptors (Lipinski definition) is 4. The quantitative estimate of drug-likeness (QED) is 0.463. The highest BCUT2D eigenvalue weighted by Crippen LogP contribution is 2.05. The smallest absolute Gasteiger partial charge is 0.305 e. The Morgan fingerprint density at radius 3 is 2.42 bits per heavy atom. The summed E-state index contributed by atoms with van der Waals surface area (Å²) in [4.78, 5) is 13.4. The predicted molar refractivity (Wildman–Crippen MR) is 80.3 cm³/mol. The van der Waals surface area contributed by atoms with E-state index in [-0.39, 0.29) is 5.97 Å². The van der Waals surface area contributed by atoms with E-state index in [1.54, 1.807) is 0 Å². The van der Waals surface area contributed by atoms with Gasteiger partial charge >= 0.3 is 5.97 Å². The number of ether oxygens (including phenoxy) is 1. The van der Waals surface area contributed by atoms with Gasteiger partial charge in [0.05, 0.1) is 6.61 Å². The first-order valence-corrected chi connectivity index (χ1v) is 7.51. The van der Waals surface area contributed by atoms with Gasteiger partial charge in [-0.2, -0.15) is 0 Å². The second-order valence-corrected chi connectivity index (χ2v) is 5.68. The highest BCUT2D eigenvalue weighted by Gasteiger charge is 2.12. The summed E-state index contributed by atoms with van der Waals surface area (Å²) < 4.78 is 4.90. The number of rotatable bonds is 11. The molecule has 0 rings (SSSR count). The van der Waals surface area contributed by atoms with Crippen molar-refractivity contribution in [2.45, 2.75) is 52.5 Å². The summed E-state index contributed by atoms with van der Waals surface area (Å²) in [6.45, 7) is 8.93. The average molecular weight is 272 g/mol. The topological polar surface area (TPSA) is 41.6 Å². The zero-order valence-corrected chi connectivity index (χ0v) is 13.4. The Bertz CT molecular complexity index is 230. The van der Waals surface area contributed by atoms with Crippen LogP contribution in [0.1, 0.15) is 46.5 Å². The predicted octanol–water partition coefficient (Wildman–Crippen LogP) is 2.29. The molecule has 1 unspecified atom stereocenters. The fraction of sp³-hybridized carbons (Fsp3) is 0.933. The number of carbonyl (C=O) groups is 1. The molecule has 1 atom stereocenters. The maximum Gasteiger partial charge on any atom is 0.305 e. The van der Waals surface area contributed by atoms with E-state index in [4.69, 9.17) is 4.74 Å². The average Bonchev–Trinajstić information content (AvgIpc) is 2.31. The van der Waals surface area contributed by atoms with Gasteiger partial charge in [0.1, 0.15) is 0 Å². The van der Waals surface area contributed by atoms with Crippen LogP contribution in [-0.4, -0.2) is 50.7 Å². The molecular formula is C15H32N2O2. The number of likely N-dealkylation sites (N-methyl/N-ethyl adjacent to an activating group) is 1. The summed E-state index contributed by atoms with van der Waals surface area (Å²) in [5.41, 5.74) is 0. The molecule has 0 saturated carbocycles. The Morgan fingerprint density at radius 1 is 1.21 bits per heavy atom. The van der Waals surface area contributed by atoms with Crippen molar-refractivity contribution in [3.05, 3.63) is 0 Å². The number of hydrogen-bond donors (Lipinski definition) is 1. The fourth-order valence-corrected chi connectivity index (χ4v) is 2.00. The van der Waals surface area contributed by atoms with Gasteiger partial charge in [0.25, 0.3) is 0 Å². The Labute approximate surface area is 118 Å². The number of carbonyl (C=O) groups excluding carboxylic acids is 1. The number of nitrogens with one attached hydrogen (secondary N) is 1. The second kappa shape index (κ2) is 11.2. The molecule has 0 aromatic carbocycles. The Balaban J connectivity index is 3.57. The minimum atomic E-state index is -0.0666. The Hall–Kier alpha value is -0.610. The Morgan fingerprint density at radius 2 is 1.89 bits per heavy atom. The number of esters is 1. The van der Waals surface area contributed by atoms with Crippen LogP contribution in [0.3, 0.4) is 0 Å². The van der Waals surface area contributed by atoms with Crippen molar-refractivity contribution in [2.75, 3.05) is 33.8 Å².